The van der Waals surface area contributed by atoms with E-state index >= 15 is 0 Å². The van der Waals surface area contributed by atoms with Crippen molar-refractivity contribution in [3.8, 4) is 0 Å². The summed E-state index contributed by atoms with van der Waals surface area (Å²) in [6.07, 6.45) is 1.44. The third-order valence-electron chi connectivity index (χ3n) is 4.14. The molecule has 0 saturated heterocycles. The van der Waals surface area contributed by atoms with Crippen LogP contribution in [-0.2, 0) is 0 Å². The molecule has 0 saturated carbocycles. The van der Waals surface area contributed by atoms with Gasteiger partial charge >= 0.3 is 0 Å². The third-order valence-corrected chi connectivity index (χ3v) is 4.36. The summed E-state index contributed by atoms with van der Waals surface area (Å²) in [6.45, 7) is 0. The zero-order chi connectivity index (χ0) is 22.4. The Bertz CT molecular complexity index is 1110. The van der Waals surface area contributed by atoms with Gasteiger partial charge in [-0.25, -0.2) is 4.98 Å². The van der Waals surface area contributed by atoms with Crippen molar-refractivity contribution in [1.29, 1.82) is 0 Å². The number of hydrazone groups is 1. The molecule has 0 radical (unpaired) electrons. The Morgan fingerprint density at radius 2 is 1.61 bits per heavy atom. The van der Waals surface area contributed by atoms with Crippen LogP contribution in [0.1, 0.15) is 26.3 Å². The van der Waals surface area contributed by atoms with E-state index in [-0.39, 0.29) is 5.91 Å². The predicted molar refractivity (Wildman–Crippen MR) is 122 cm³/mol. The van der Waals surface area contributed by atoms with Gasteiger partial charge in [0, 0.05) is 31.4 Å². The van der Waals surface area contributed by atoms with Crippen molar-refractivity contribution in [3.05, 3.63) is 88.6 Å². The number of nitrogens with two attached hydrogens (primary N) is 1. The van der Waals surface area contributed by atoms with Gasteiger partial charge in [0.25, 0.3) is 11.8 Å². The van der Waals surface area contributed by atoms with Crippen LogP contribution in [0.15, 0.2) is 72.0 Å². The number of amidine groups is 1. The third kappa shape index (κ3) is 5.80. The monoisotopic (exact) mass is 436 g/mol. The standard InChI is InChI=1S/C22H21ClN6O2/c1-29(2)28-20(24)14-7-9-15(10-8-14)21(30)26-18-6-4-3-5-17(18)22(31)27-19-12-11-16(23)13-25-19/h3-13H,1-2H3,(H2,24,28)(H,26,30)(H,25,27,31). The van der Waals surface area contributed by atoms with Gasteiger partial charge in [-0.05, 0) is 36.4 Å². The second kappa shape index (κ2) is 9.73. The fourth-order valence-corrected chi connectivity index (χ4v) is 2.80. The molecule has 1 heterocycles. The average molecular weight is 437 g/mol. The van der Waals surface area contributed by atoms with Crippen LogP contribution < -0.4 is 16.4 Å². The molecule has 31 heavy (non-hydrogen) atoms. The molecule has 0 bridgehead atoms. The second-order valence-corrected chi connectivity index (χ2v) is 7.16. The Kier molecular flexibility index (Phi) is 6.84. The smallest absolute Gasteiger partial charge is 0.258 e. The number of carbonyl (C=O) groups is 2. The van der Waals surface area contributed by atoms with Crippen LogP contribution in [0.4, 0.5) is 11.5 Å². The van der Waals surface area contributed by atoms with Gasteiger partial charge in [0.05, 0.1) is 16.3 Å². The molecule has 0 aliphatic heterocycles. The van der Waals surface area contributed by atoms with Gasteiger partial charge in [-0.15, -0.1) is 0 Å². The van der Waals surface area contributed by atoms with Crippen LogP contribution in [0.25, 0.3) is 0 Å². The topological polar surface area (TPSA) is 113 Å². The number of para-hydroxylation sites is 1. The predicted octanol–water partition coefficient (Wildman–Crippen LogP) is 3.42. The van der Waals surface area contributed by atoms with Crippen LogP contribution in [-0.4, -0.2) is 41.7 Å². The fraction of sp³-hybridized carbons (Fsp3) is 0.0909. The number of nitrogens with one attached hydrogen (secondary N) is 2. The molecule has 0 aliphatic rings. The van der Waals surface area contributed by atoms with E-state index in [1.54, 1.807) is 79.8 Å². The number of pyridine rings is 1. The van der Waals surface area contributed by atoms with Gasteiger partial charge in [0.2, 0.25) is 0 Å². The molecule has 0 spiro atoms. The summed E-state index contributed by atoms with van der Waals surface area (Å²) in [4.78, 5) is 29.4. The molecule has 3 aromatic rings. The number of hydrogen-bond donors (Lipinski definition) is 3. The molecule has 8 nitrogen and oxygen atoms in total. The maximum absolute atomic E-state index is 12.7. The summed E-state index contributed by atoms with van der Waals surface area (Å²) in [6, 6.07) is 16.6. The molecule has 0 unspecified atom stereocenters. The molecule has 0 fully saturated rings. The van der Waals surface area contributed by atoms with E-state index in [2.05, 4.69) is 20.7 Å². The lowest BCUT2D eigenvalue weighted by Crippen LogP contribution is -2.20. The number of amides is 2. The number of rotatable bonds is 6. The van der Waals surface area contributed by atoms with E-state index < -0.39 is 5.91 Å². The first-order valence-corrected chi connectivity index (χ1v) is 9.66. The Balaban J connectivity index is 1.75. The molecule has 0 aliphatic carbocycles. The molecule has 2 amide bonds. The number of anilines is 2. The first-order chi connectivity index (χ1) is 14.8. The largest absolute Gasteiger partial charge is 0.382 e. The van der Waals surface area contributed by atoms with Gasteiger partial charge in [-0.2, -0.15) is 5.10 Å². The van der Waals surface area contributed by atoms with Gasteiger partial charge in [-0.3, -0.25) is 9.59 Å². The Labute approximate surface area is 184 Å². The lowest BCUT2D eigenvalue weighted by atomic mass is 10.1. The van der Waals surface area contributed by atoms with Crippen LogP contribution in [0.2, 0.25) is 5.02 Å². The maximum Gasteiger partial charge on any atom is 0.258 e. The Morgan fingerprint density at radius 1 is 0.935 bits per heavy atom. The molecular weight excluding hydrogens is 416 g/mol. The number of nitrogens with zero attached hydrogens (tertiary/aromatic N) is 3. The van der Waals surface area contributed by atoms with E-state index in [0.717, 1.165) is 0 Å². The zero-order valence-corrected chi connectivity index (χ0v) is 17.7. The highest BCUT2D eigenvalue weighted by Gasteiger charge is 2.15. The van der Waals surface area contributed by atoms with Gasteiger partial charge in [0.1, 0.15) is 5.82 Å². The summed E-state index contributed by atoms with van der Waals surface area (Å²) in [5.41, 5.74) is 7.70. The first-order valence-electron chi connectivity index (χ1n) is 9.28. The van der Waals surface area contributed by atoms with Gasteiger partial charge in [0.15, 0.2) is 5.84 Å². The molecule has 9 heteroatoms. The van der Waals surface area contributed by atoms with Gasteiger partial charge in [-0.1, -0.05) is 35.9 Å². The highest BCUT2D eigenvalue weighted by Crippen LogP contribution is 2.19. The summed E-state index contributed by atoms with van der Waals surface area (Å²) >= 11 is 5.82. The van der Waals surface area contributed by atoms with Crippen molar-refractivity contribution in [3.63, 3.8) is 0 Å². The van der Waals surface area contributed by atoms with E-state index in [1.807, 2.05) is 0 Å². The highest BCUT2D eigenvalue weighted by atomic mass is 35.5. The molecule has 3 rings (SSSR count). The summed E-state index contributed by atoms with van der Waals surface area (Å²) in [7, 11) is 3.54. The lowest BCUT2D eigenvalue weighted by molar-refractivity contribution is 0.102. The highest BCUT2D eigenvalue weighted by molar-refractivity contribution is 6.30. The quantitative estimate of drug-likeness (QED) is 0.311. The SMILES string of the molecule is CN(C)/N=C(\N)c1ccc(C(=O)Nc2ccccc2C(=O)Nc2ccc(Cl)cn2)cc1. The van der Waals surface area contributed by atoms with Crippen LogP contribution in [0, 0.1) is 0 Å². The lowest BCUT2D eigenvalue weighted by Gasteiger charge is -2.12. The number of benzene rings is 2. The minimum Gasteiger partial charge on any atom is -0.382 e. The number of hydrogen-bond acceptors (Lipinski definition) is 5. The number of aromatic nitrogens is 1. The minimum atomic E-state index is -0.409. The van der Waals surface area contributed by atoms with Crippen LogP contribution in [0.3, 0.4) is 0 Å². The number of halogens is 1. The fourth-order valence-electron chi connectivity index (χ4n) is 2.68. The molecule has 2 aromatic carbocycles. The van der Waals surface area contributed by atoms with E-state index in [0.29, 0.717) is 39.1 Å². The Morgan fingerprint density at radius 3 is 2.26 bits per heavy atom. The van der Waals surface area contributed by atoms with Crippen molar-refractivity contribution in [2.45, 2.75) is 0 Å². The van der Waals surface area contributed by atoms with E-state index in [4.69, 9.17) is 17.3 Å². The molecule has 4 N–H and O–H groups in total. The Hall–Kier alpha value is -3.91. The first kappa shape index (κ1) is 21.8. The molecular formula is C22H21ClN6O2. The van der Waals surface area contributed by atoms with Crippen molar-refractivity contribution >= 4 is 40.8 Å². The zero-order valence-electron chi connectivity index (χ0n) is 17.0. The van der Waals surface area contributed by atoms with Crippen LogP contribution in [0.5, 0.6) is 0 Å². The average Bonchev–Trinajstić information content (AvgIpc) is 2.75. The molecule has 158 valence electrons. The van der Waals surface area contributed by atoms with E-state index in [9.17, 15) is 9.59 Å². The summed E-state index contributed by atoms with van der Waals surface area (Å²) < 4.78 is 0. The van der Waals surface area contributed by atoms with Crippen molar-refractivity contribution < 1.29 is 9.59 Å². The normalized spacial score (nSPS) is 11.0. The second-order valence-electron chi connectivity index (χ2n) is 6.73. The van der Waals surface area contributed by atoms with Crippen molar-refractivity contribution in [2.24, 2.45) is 10.8 Å². The summed E-state index contributed by atoms with van der Waals surface area (Å²) in [5, 5.41) is 11.6. The van der Waals surface area contributed by atoms with E-state index in [1.165, 1.54) is 6.20 Å². The van der Waals surface area contributed by atoms with Crippen molar-refractivity contribution in [2.75, 3.05) is 24.7 Å². The maximum atomic E-state index is 12.7. The number of carbonyl (C=O) groups excluding carboxylic acids is 2. The van der Waals surface area contributed by atoms with Crippen molar-refractivity contribution in [1.82, 2.24) is 9.99 Å². The molecule has 0 atom stereocenters. The van der Waals surface area contributed by atoms with Crippen LogP contribution >= 0.6 is 11.6 Å². The molecule has 1 aromatic heterocycles. The minimum absolute atomic E-state index is 0.298. The summed E-state index contributed by atoms with van der Waals surface area (Å²) in [5.74, 6) is -0.0776. The van der Waals surface area contributed by atoms with Gasteiger partial charge < -0.3 is 21.4 Å².